The van der Waals surface area contributed by atoms with Gasteiger partial charge < -0.3 is 4.90 Å². The van der Waals surface area contributed by atoms with Crippen molar-refractivity contribution in [1.82, 2.24) is 9.88 Å². The van der Waals surface area contributed by atoms with E-state index in [9.17, 15) is 0 Å². The molecule has 0 amide bonds. The largest absolute Gasteiger partial charge is 0.346 e. The minimum atomic E-state index is 0.526. The van der Waals surface area contributed by atoms with Gasteiger partial charge in [0.05, 0.1) is 11.6 Å². The summed E-state index contributed by atoms with van der Waals surface area (Å²) in [6.45, 7) is 5.92. The SMILES string of the molecule is ClCc1csc(N2CCN(CC3CC3)CC2)n1. The Bertz CT molecular complexity index is 370. The summed E-state index contributed by atoms with van der Waals surface area (Å²) in [5.41, 5.74) is 1.01. The highest BCUT2D eigenvalue weighted by atomic mass is 35.5. The summed E-state index contributed by atoms with van der Waals surface area (Å²) < 4.78 is 0. The van der Waals surface area contributed by atoms with Crippen LogP contribution in [0.2, 0.25) is 0 Å². The topological polar surface area (TPSA) is 19.4 Å². The van der Waals surface area contributed by atoms with Crippen LogP contribution in [0.15, 0.2) is 5.38 Å². The number of anilines is 1. The van der Waals surface area contributed by atoms with Gasteiger partial charge in [0, 0.05) is 38.1 Å². The van der Waals surface area contributed by atoms with Gasteiger partial charge in [-0.3, -0.25) is 4.90 Å². The van der Waals surface area contributed by atoms with Gasteiger partial charge in [0.15, 0.2) is 5.13 Å². The van der Waals surface area contributed by atoms with E-state index in [-0.39, 0.29) is 0 Å². The van der Waals surface area contributed by atoms with Crippen LogP contribution in [-0.2, 0) is 5.88 Å². The van der Waals surface area contributed by atoms with Gasteiger partial charge in [-0.15, -0.1) is 22.9 Å². The van der Waals surface area contributed by atoms with E-state index >= 15 is 0 Å². The van der Waals surface area contributed by atoms with Crippen molar-refractivity contribution >= 4 is 28.1 Å². The Morgan fingerprint density at radius 2 is 2.06 bits per heavy atom. The maximum Gasteiger partial charge on any atom is 0.185 e. The second-order valence-electron chi connectivity index (χ2n) is 4.99. The summed E-state index contributed by atoms with van der Waals surface area (Å²) in [7, 11) is 0. The minimum absolute atomic E-state index is 0.526. The highest BCUT2D eigenvalue weighted by molar-refractivity contribution is 7.13. The van der Waals surface area contributed by atoms with Crippen LogP contribution in [0.4, 0.5) is 5.13 Å². The molecule has 0 unspecified atom stereocenters. The number of thiazole rings is 1. The van der Waals surface area contributed by atoms with Crippen LogP contribution in [-0.4, -0.2) is 42.6 Å². The van der Waals surface area contributed by atoms with E-state index in [1.54, 1.807) is 11.3 Å². The van der Waals surface area contributed by atoms with Gasteiger partial charge in [0.1, 0.15) is 0 Å². The van der Waals surface area contributed by atoms with Crippen molar-refractivity contribution in [3.05, 3.63) is 11.1 Å². The van der Waals surface area contributed by atoms with Gasteiger partial charge in [0.2, 0.25) is 0 Å². The molecule has 0 aromatic carbocycles. The molecule has 5 heteroatoms. The van der Waals surface area contributed by atoms with E-state index in [0.717, 1.165) is 29.8 Å². The fourth-order valence-corrected chi connectivity index (χ4v) is 3.40. The van der Waals surface area contributed by atoms with Crippen LogP contribution in [0.5, 0.6) is 0 Å². The normalized spacial score (nSPS) is 22.1. The molecule has 1 aromatic rings. The highest BCUT2D eigenvalue weighted by Gasteiger charge is 2.26. The molecule has 2 aliphatic rings. The number of piperazine rings is 1. The summed E-state index contributed by atoms with van der Waals surface area (Å²) in [6.07, 6.45) is 2.90. The number of alkyl halides is 1. The molecule has 1 aliphatic heterocycles. The summed E-state index contributed by atoms with van der Waals surface area (Å²) in [5, 5.41) is 3.21. The molecule has 0 spiro atoms. The molecule has 1 saturated heterocycles. The third-order valence-electron chi connectivity index (χ3n) is 3.53. The first-order valence-electron chi connectivity index (χ1n) is 6.33. The maximum absolute atomic E-state index is 5.78. The lowest BCUT2D eigenvalue weighted by atomic mass is 10.3. The Kier molecular flexibility index (Phi) is 3.54. The van der Waals surface area contributed by atoms with E-state index in [1.165, 1.54) is 32.5 Å². The molecule has 94 valence electrons. The fourth-order valence-electron chi connectivity index (χ4n) is 2.29. The molecule has 2 fully saturated rings. The lowest BCUT2D eigenvalue weighted by molar-refractivity contribution is 0.248. The molecule has 1 aromatic heterocycles. The molecule has 2 heterocycles. The zero-order valence-electron chi connectivity index (χ0n) is 9.94. The monoisotopic (exact) mass is 271 g/mol. The second-order valence-corrected chi connectivity index (χ2v) is 6.09. The standard InChI is InChI=1S/C12H18ClN3S/c13-7-11-9-17-12(14-11)16-5-3-15(4-6-16)8-10-1-2-10/h9-10H,1-8H2. The summed E-state index contributed by atoms with van der Waals surface area (Å²) in [5.74, 6) is 1.53. The first kappa shape index (κ1) is 11.8. The van der Waals surface area contributed by atoms with Crippen molar-refractivity contribution in [2.75, 3.05) is 37.6 Å². The van der Waals surface area contributed by atoms with Crippen molar-refractivity contribution in [1.29, 1.82) is 0 Å². The van der Waals surface area contributed by atoms with Crippen molar-refractivity contribution in [2.45, 2.75) is 18.7 Å². The Hall–Kier alpha value is -0.320. The van der Waals surface area contributed by atoms with Crippen molar-refractivity contribution < 1.29 is 0 Å². The van der Waals surface area contributed by atoms with Crippen LogP contribution in [0.25, 0.3) is 0 Å². The molecule has 0 bridgehead atoms. The molecular formula is C12H18ClN3S. The quantitative estimate of drug-likeness (QED) is 0.784. The Labute approximate surface area is 111 Å². The minimum Gasteiger partial charge on any atom is -0.346 e. The van der Waals surface area contributed by atoms with Gasteiger partial charge in [-0.2, -0.15) is 0 Å². The summed E-state index contributed by atoms with van der Waals surface area (Å²) in [6, 6.07) is 0. The molecule has 1 aliphatic carbocycles. The number of rotatable bonds is 4. The lowest BCUT2D eigenvalue weighted by Crippen LogP contribution is -2.47. The Morgan fingerprint density at radius 3 is 2.65 bits per heavy atom. The molecule has 3 rings (SSSR count). The maximum atomic E-state index is 5.78. The number of halogens is 1. The van der Waals surface area contributed by atoms with E-state index in [4.69, 9.17) is 11.6 Å². The third-order valence-corrected chi connectivity index (χ3v) is 4.76. The lowest BCUT2D eigenvalue weighted by Gasteiger charge is -2.34. The predicted molar refractivity (Wildman–Crippen MR) is 73.0 cm³/mol. The smallest absolute Gasteiger partial charge is 0.185 e. The average Bonchev–Trinajstić information content (AvgIpc) is 3.05. The van der Waals surface area contributed by atoms with E-state index in [1.807, 2.05) is 0 Å². The average molecular weight is 272 g/mol. The van der Waals surface area contributed by atoms with Crippen molar-refractivity contribution in [2.24, 2.45) is 5.92 Å². The first-order chi connectivity index (χ1) is 8.35. The van der Waals surface area contributed by atoms with Crippen LogP contribution in [0.1, 0.15) is 18.5 Å². The second kappa shape index (κ2) is 5.12. The fraction of sp³-hybridized carbons (Fsp3) is 0.750. The van der Waals surface area contributed by atoms with Crippen LogP contribution in [0, 0.1) is 5.92 Å². The Balaban J connectivity index is 1.52. The van der Waals surface area contributed by atoms with Crippen molar-refractivity contribution in [3.63, 3.8) is 0 Å². The number of hydrogen-bond donors (Lipinski definition) is 0. The summed E-state index contributed by atoms with van der Waals surface area (Å²) in [4.78, 5) is 9.54. The van der Waals surface area contributed by atoms with Gasteiger partial charge in [-0.1, -0.05) is 0 Å². The third kappa shape index (κ3) is 2.92. The molecule has 1 saturated carbocycles. The zero-order chi connectivity index (χ0) is 11.7. The van der Waals surface area contributed by atoms with E-state index in [2.05, 4.69) is 20.2 Å². The number of aromatic nitrogens is 1. The van der Waals surface area contributed by atoms with Crippen LogP contribution in [0.3, 0.4) is 0 Å². The van der Waals surface area contributed by atoms with Gasteiger partial charge in [0.25, 0.3) is 0 Å². The van der Waals surface area contributed by atoms with Gasteiger partial charge in [-0.05, 0) is 18.8 Å². The molecule has 3 nitrogen and oxygen atoms in total. The van der Waals surface area contributed by atoms with E-state index < -0.39 is 0 Å². The first-order valence-corrected chi connectivity index (χ1v) is 7.74. The van der Waals surface area contributed by atoms with E-state index in [0.29, 0.717) is 5.88 Å². The molecule has 0 radical (unpaired) electrons. The van der Waals surface area contributed by atoms with Crippen LogP contribution >= 0.6 is 22.9 Å². The number of nitrogens with zero attached hydrogens (tertiary/aromatic N) is 3. The molecular weight excluding hydrogens is 254 g/mol. The number of hydrogen-bond acceptors (Lipinski definition) is 4. The van der Waals surface area contributed by atoms with Crippen molar-refractivity contribution in [3.8, 4) is 0 Å². The molecule has 17 heavy (non-hydrogen) atoms. The van der Waals surface area contributed by atoms with Crippen LogP contribution < -0.4 is 4.90 Å². The predicted octanol–water partition coefficient (Wildman–Crippen LogP) is 2.41. The zero-order valence-corrected chi connectivity index (χ0v) is 11.5. The highest BCUT2D eigenvalue weighted by Crippen LogP contribution is 2.30. The molecule has 0 atom stereocenters. The van der Waals surface area contributed by atoms with Gasteiger partial charge in [-0.25, -0.2) is 4.98 Å². The molecule has 0 N–H and O–H groups in total. The summed E-state index contributed by atoms with van der Waals surface area (Å²) >= 11 is 7.50. The Morgan fingerprint density at radius 1 is 1.29 bits per heavy atom. The van der Waals surface area contributed by atoms with Gasteiger partial charge >= 0.3 is 0 Å².